The first-order valence-electron chi connectivity index (χ1n) is 11.7. The minimum Gasteiger partial charge on any atom is -0.368 e. The lowest BCUT2D eigenvalue weighted by Crippen LogP contribution is -2.54. The van der Waals surface area contributed by atoms with E-state index < -0.39 is 12.1 Å². The van der Waals surface area contributed by atoms with E-state index in [4.69, 9.17) is 4.74 Å². The van der Waals surface area contributed by atoms with Gasteiger partial charge in [0.2, 0.25) is 11.8 Å². The van der Waals surface area contributed by atoms with E-state index >= 15 is 0 Å². The maximum atomic E-state index is 13.6. The van der Waals surface area contributed by atoms with Crippen LogP contribution in [0.25, 0.3) is 0 Å². The fourth-order valence-corrected chi connectivity index (χ4v) is 5.63. The van der Waals surface area contributed by atoms with Gasteiger partial charge in [0, 0.05) is 24.2 Å². The number of ketones is 1. The first-order chi connectivity index (χ1) is 15.5. The summed E-state index contributed by atoms with van der Waals surface area (Å²) >= 11 is 0. The second kappa shape index (κ2) is 8.65. The number of anilines is 1. The summed E-state index contributed by atoms with van der Waals surface area (Å²) in [5.41, 5.74) is 2.16. The predicted octanol–water partition coefficient (Wildman–Crippen LogP) is 1.82. The van der Waals surface area contributed by atoms with Gasteiger partial charge in [-0.05, 0) is 61.8 Å². The molecule has 1 saturated carbocycles. The molecule has 0 radical (unpaired) electrons. The van der Waals surface area contributed by atoms with Gasteiger partial charge in [-0.2, -0.15) is 0 Å². The van der Waals surface area contributed by atoms with E-state index in [-0.39, 0.29) is 42.1 Å². The van der Waals surface area contributed by atoms with Crippen molar-refractivity contribution in [1.29, 1.82) is 0 Å². The van der Waals surface area contributed by atoms with Crippen LogP contribution in [0.4, 0.5) is 5.69 Å². The molecule has 3 amide bonds. The fraction of sp³-hybridized carbons (Fsp3) is 0.583. The third kappa shape index (κ3) is 3.92. The average molecular weight is 440 g/mol. The second-order valence-electron chi connectivity index (χ2n) is 9.35. The zero-order chi connectivity index (χ0) is 22.2. The number of fused-ring (bicyclic) bond motifs is 2. The van der Waals surface area contributed by atoms with Crippen molar-refractivity contribution in [2.24, 2.45) is 5.92 Å². The summed E-state index contributed by atoms with van der Waals surface area (Å²) in [4.78, 5) is 52.5. The lowest BCUT2D eigenvalue weighted by atomic mass is 9.95. The number of benzene rings is 1. The Bertz CT molecular complexity index is 955. The molecule has 3 atom stereocenters. The molecule has 2 N–H and O–H groups in total. The summed E-state index contributed by atoms with van der Waals surface area (Å²) in [5, 5.41) is 5.89. The van der Waals surface area contributed by atoms with Crippen LogP contribution in [0.3, 0.4) is 0 Å². The largest absolute Gasteiger partial charge is 0.368 e. The first kappa shape index (κ1) is 21.1. The van der Waals surface area contributed by atoms with Gasteiger partial charge in [0.25, 0.3) is 5.91 Å². The molecule has 8 heteroatoms. The van der Waals surface area contributed by atoms with Crippen LogP contribution in [0.5, 0.6) is 0 Å². The maximum absolute atomic E-state index is 13.6. The van der Waals surface area contributed by atoms with Crippen molar-refractivity contribution in [2.75, 3.05) is 18.5 Å². The third-order valence-electron chi connectivity index (χ3n) is 7.31. The van der Waals surface area contributed by atoms with E-state index in [1.165, 1.54) is 0 Å². The van der Waals surface area contributed by atoms with Crippen molar-refractivity contribution in [3.05, 3.63) is 29.3 Å². The topological polar surface area (TPSA) is 105 Å². The number of carbonyl (C=O) groups is 4. The number of likely N-dealkylation sites (tertiary alicyclic amines) is 1. The number of nitrogens with zero attached hydrogens (tertiary/aromatic N) is 1. The van der Waals surface area contributed by atoms with Crippen molar-refractivity contribution in [3.8, 4) is 0 Å². The quantitative estimate of drug-likeness (QED) is 0.745. The van der Waals surface area contributed by atoms with Crippen LogP contribution in [-0.4, -0.2) is 59.7 Å². The van der Waals surface area contributed by atoms with E-state index in [9.17, 15) is 19.2 Å². The highest BCUT2D eigenvalue weighted by Crippen LogP contribution is 2.33. The molecule has 0 bridgehead atoms. The molecular formula is C24H29N3O5. The maximum Gasteiger partial charge on any atom is 0.251 e. The van der Waals surface area contributed by atoms with E-state index in [0.29, 0.717) is 24.9 Å². The van der Waals surface area contributed by atoms with Crippen molar-refractivity contribution >= 4 is 29.2 Å². The molecule has 3 aliphatic heterocycles. The number of Topliss-reactive ketones (excluding diaryl/α,β-unsaturated/α-hetero) is 1. The minimum absolute atomic E-state index is 0.0118. The monoisotopic (exact) mass is 439 g/mol. The standard InChI is InChI=1S/C24H29N3O5/c28-18-13-32-19-10-11-27(22(18)19)24(31)21(14-4-1-2-5-14)26-23(30)16-8-9-17-15(12-16)6-3-7-20(29)25-17/h8-9,12,14,19,21-22H,1-7,10-11,13H2,(H,25,29)(H,26,30)/t19-,21+,22-/m1/s1. The van der Waals surface area contributed by atoms with Crippen LogP contribution in [0.2, 0.25) is 0 Å². The normalized spacial score (nSPS) is 26.3. The Morgan fingerprint density at radius 3 is 2.72 bits per heavy atom. The van der Waals surface area contributed by atoms with E-state index in [0.717, 1.165) is 49.8 Å². The summed E-state index contributed by atoms with van der Waals surface area (Å²) in [6.45, 7) is 0.544. The molecule has 3 fully saturated rings. The molecule has 1 aliphatic carbocycles. The summed E-state index contributed by atoms with van der Waals surface area (Å²) in [7, 11) is 0. The average Bonchev–Trinajstić information content (AvgIpc) is 3.50. The molecule has 32 heavy (non-hydrogen) atoms. The van der Waals surface area contributed by atoms with Crippen LogP contribution in [0, 0.1) is 5.92 Å². The van der Waals surface area contributed by atoms with E-state index in [1.807, 2.05) is 6.07 Å². The summed E-state index contributed by atoms with van der Waals surface area (Å²) in [5.74, 6) is -0.451. The van der Waals surface area contributed by atoms with Gasteiger partial charge < -0.3 is 20.3 Å². The molecule has 0 unspecified atom stereocenters. The number of carbonyl (C=O) groups excluding carboxylic acids is 4. The van der Waals surface area contributed by atoms with Gasteiger partial charge in [0.1, 0.15) is 18.7 Å². The highest BCUT2D eigenvalue weighted by molar-refractivity contribution is 6.00. The second-order valence-corrected chi connectivity index (χ2v) is 9.35. The molecule has 0 aromatic heterocycles. The highest BCUT2D eigenvalue weighted by Gasteiger charge is 2.49. The van der Waals surface area contributed by atoms with Crippen LogP contribution in [0.1, 0.15) is 60.9 Å². The molecule has 1 aromatic rings. The number of hydrogen-bond donors (Lipinski definition) is 2. The van der Waals surface area contributed by atoms with E-state index in [1.54, 1.807) is 17.0 Å². The van der Waals surface area contributed by atoms with Gasteiger partial charge in [0.05, 0.1) is 6.10 Å². The van der Waals surface area contributed by atoms with Crippen LogP contribution >= 0.6 is 0 Å². The number of amides is 3. The lowest BCUT2D eigenvalue weighted by Gasteiger charge is -2.30. The molecule has 170 valence electrons. The van der Waals surface area contributed by atoms with Gasteiger partial charge in [-0.3, -0.25) is 19.2 Å². The Morgan fingerprint density at radius 1 is 1.09 bits per heavy atom. The molecule has 2 saturated heterocycles. The Hall–Kier alpha value is -2.74. The summed E-state index contributed by atoms with van der Waals surface area (Å²) in [6, 6.07) is 4.11. The molecule has 3 heterocycles. The Labute approximate surface area is 187 Å². The highest BCUT2D eigenvalue weighted by atomic mass is 16.5. The molecule has 4 aliphatic rings. The SMILES string of the molecule is O=C1CCCc2cc(C(=O)N[C@H](C(=O)N3CC[C@H]4OCC(=O)[C@H]43)C3CCCC3)ccc2N1. The number of nitrogens with one attached hydrogen (secondary N) is 2. The van der Waals surface area contributed by atoms with Crippen LogP contribution in [-0.2, 0) is 25.5 Å². The van der Waals surface area contributed by atoms with Gasteiger partial charge in [-0.1, -0.05) is 12.8 Å². The van der Waals surface area contributed by atoms with Gasteiger partial charge >= 0.3 is 0 Å². The number of aryl methyl sites for hydroxylation is 1. The lowest BCUT2D eigenvalue weighted by molar-refractivity contribution is -0.139. The number of rotatable bonds is 4. The Kier molecular flexibility index (Phi) is 5.71. The van der Waals surface area contributed by atoms with Crippen molar-refractivity contribution in [2.45, 2.75) is 69.6 Å². The van der Waals surface area contributed by atoms with Crippen molar-refractivity contribution < 1.29 is 23.9 Å². The molecule has 5 rings (SSSR count). The van der Waals surface area contributed by atoms with Crippen molar-refractivity contribution in [1.82, 2.24) is 10.2 Å². The Morgan fingerprint density at radius 2 is 1.91 bits per heavy atom. The first-order valence-corrected chi connectivity index (χ1v) is 11.7. The molecule has 8 nitrogen and oxygen atoms in total. The number of hydrogen-bond acceptors (Lipinski definition) is 5. The summed E-state index contributed by atoms with van der Waals surface area (Å²) < 4.78 is 5.54. The van der Waals surface area contributed by atoms with E-state index in [2.05, 4.69) is 10.6 Å². The molecule has 1 aromatic carbocycles. The zero-order valence-electron chi connectivity index (χ0n) is 18.1. The van der Waals surface area contributed by atoms with Crippen molar-refractivity contribution in [3.63, 3.8) is 0 Å². The van der Waals surface area contributed by atoms with Gasteiger partial charge in [-0.25, -0.2) is 0 Å². The Balaban J connectivity index is 1.36. The predicted molar refractivity (Wildman–Crippen MR) is 116 cm³/mol. The minimum atomic E-state index is -0.643. The smallest absolute Gasteiger partial charge is 0.251 e. The van der Waals surface area contributed by atoms with Gasteiger partial charge in [-0.15, -0.1) is 0 Å². The summed E-state index contributed by atoms with van der Waals surface area (Å²) in [6.07, 6.45) is 6.22. The number of ether oxygens (including phenoxy) is 1. The molecule has 0 spiro atoms. The van der Waals surface area contributed by atoms with Crippen LogP contribution < -0.4 is 10.6 Å². The molecular weight excluding hydrogens is 410 g/mol. The van der Waals surface area contributed by atoms with Gasteiger partial charge in [0.15, 0.2) is 5.78 Å². The van der Waals surface area contributed by atoms with Crippen LogP contribution in [0.15, 0.2) is 18.2 Å². The fourth-order valence-electron chi connectivity index (χ4n) is 5.63. The third-order valence-corrected chi connectivity index (χ3v) is 7.31. The zero-order valence-corrected chi connectivity index (χ0v) is 18.1.